The van der Waals surface area contributed by atoms with E-state index in [0.29, 0.717) is 19.3 Å². The quantitative estimate of drug-likeness (QED) is 0.467. The van der Waals surface area contributed by atoms with Gasteiger partial charge in [-0.05, 0) is 31.6 Å². The van der Waals surface area contributed by atoms with E-state index in [2.05, 4.69) is 6.58 Å². The zero-order chi connectivity index (χ0) is 18.5. The van der Waals surface area contributed by atoms with Gasteiger partial charge >= 0.3 is 17.9 Å². The lowest BCUT2D eigenvalue weighted by molar-refractivity contribution is -0.167. The van der Waals surface area contributed by atoms with Crippen LogP contribution >= 0.6 is 0 Å². The van der Waals surface area contributed by atoms with Crippen LogP contribution in [0.15, 0.2) is 12.2 Å². The molecule has 0 unspecified atom stereocenters. The van der Waals surface area contributed by atoms with Crippen molar-refractivity contribution >= 4 is 23.7 Å². The molecule has 1 aliphatic heterocycles. The van der Waals surface area contributed by atoms with Gasteiger partial charge in [0.2, 0.25) is 0 Å². The second-order valence-corrected chi connectivity index (χ2v) is 7.54. The first kappa shape index (κ1) is 17.6. The zero-order valence-electron chi connectivity index (χ0n) is 14.3. The zero-order valence-corrected chi connectivity index (χ0v) is 14.3. The lowest BCUT2D eigenvalue weighted by Gasteiger charge is -2.39. The van der Waals surface area contributed by atoms with Crippen molar-refractivity contribution in [2.24, 2.45) is 23.2 Å². The van der Waals surface area contributed by atoms with Gasteiger partial charge in [0.1, 0.15) is 24.4 Å². The topological polar surface area (TPSA) is 107 Å². The fourth-order valence-electron chi connectivity index (χ4n) is 4.93. The molecule has 0 spiro atoms. The van der Waals surface area contributed by atoms with Crippen LogP contribution in [0.25, 0.3) is 0 Å². The van der Waals surface area contributed by atoms with Crippen molar-refractivity contribution in [1.29, 1.82) is 0 Å². The van der Waals surface area contributed by atoms with Gasteiger partial charge < -0.3 is 14.6 Å². The number of carbonyl (C=O) groups is 4. The number of hydrogen-bond acceptors (Lipinski definition) is 6. The number of fused-ring (bicyclic) bond motifs is 2. The second kappa shape index (κ2) is 5.97. The Labute approximate surface area is 145 Å². The van der Waals surface area contributed by atoms with Crippen LogP contribution in [-0.2, 0) is 28.7 Å². The Morgan fingerprint density at radius 2 is 2.08 bits per heavy atom. The van der Waals surface area contributed by atoms with E-state index in [1.54, 1.807) is 6.92 Å². The van der Waals surface area contributed by atoms with Crippen LogP contribution in [0.1, 0.15) is 39.5 Å². The van der Waals surface area contributed by atoms with Gasteiger partial charge in [-0.25, -0.2) is 4.79 Å². The summed E-state index contributed by atoms with van der Waals surface area (Å²) >= 11 is 0. The van der Waals surface area contributed by atoms with Gasteiger partial charge in [0, 0.05) is 12.0 Å². The molecule has 3 rings (SSSR count). The van der Waals surface area contributed by atoms with Gasteiger partial charge in [-0.1, -0.05) is 13.5 Å². The number of aliphatic carboxylic acids is 1. The highest BCUT2D eigenvalue weighted by Crippen LogP contribution is 2.56. The third-order valence-corrected chi connectivity index (χ3v) is 6.14. The molecule has 0 aromatic heterocycles. The standard InChI is InChI=1S/C18H22O7/c1-8-6-11-15(9(2)17(23)24-11)16(25-14(22)7-13(20)21)18(3)10(8)4-5-12(18)19/h8,10-11,15-16H,2,4-7H2,1,3H3,(H,20,21)/t8-,10+,11-,15-,16+,18+/m1/s1. The minimum atomic E-state index is -1.31. The molecule has 136 valence electrons. The summed E-state index contributed by atoms with van der Waals surface area (Å²) in [7, 11) is 0. The third-order valence-electron chi connectivity index (χ3n) is 6.14. The van der Waals surface area contributed by atoms with E-state index in [0.717, 1.165) is 0 Å². The third kappa shape index (κ3) is 2.65. The van der Waals surface area contributed by atoms with Crippen molar-refractivity contribution < 1.29 is 33.8 Å². The smallest absolute Gasteiger partial charge is 0.334 e. The number of Topliss-reactive ketones (excluding diaryl/α,β-unsaturated/α-hetero) is 1. The molecule has 2 aliphatic carbocycles. The first-order valence-corrected chi connectivity index (χ1v) is 8.50. The van der Waals surface area contributed by atoms with Gasteiger partial charge in [0.25, 0.3) is 0 Å². The minimum absolute atomic E-state index is 0.0141. The summed E-state index contributed by atoms with van der Waals surface area (Å²) in [6, 6.07) is 0. The Kier molecular flexibility index (Phi) is 4.21. The number of esters is 2. The fraction of sp³-hybridized carbons (Fsp3) is 0.667. The molecule has 0 radical (unpaired) electrons. The Bertz CT molecular complexity index is 666. The maximum atomic E-state index is 12.8. The van der Waals surface area contributed by atoms with Crippen LogP contribution in [0.2, 0.25) is 0 Å². The molecule has 1 saturated heterocycles. The number of carboxylic acid groups (broad SMARTS) is 1. The molecule has 7 heteroatoms. The summed E-state index contributed by atoms with van der Waals surface area (Å²) < 4.78 is 10.9. The molecule has 2 saturated carbocycles. The van der Waals surface area contributed by atoms with Crippen molar-refractivity contribution in [3.8, 4) is 0 Å². The summed E-state index contributed by atoms with van der Waals surface area (Å²) in [5.41, 5.74) is -0.781. The van der Waals surface area contributed by atoms with Crippen LogP contribution in [0.3, 0.4) is 0 Å². The van der Waals surface area contributed by atoms with E-state index in [9.17, 15) is 19.2 Å². The van der Waals surface area contributed by atoms with Gasteiger partial charge in [0.05, 0.1) is 11.3 Å². The van der Waals surface area contributed by atoms with Crippen LogP contribution in [-0.4, -0.2) is 41.0 Å². The molecule has 3 fully saturated rings. The van der Waals surface area contributed by atoms with E-state index in [1.807, 2.05) is 6.92 Å². The average Bonchev–Trinajstić information content (AvgIpc) is 2.92. The molecule has 0 bridgehead atoms. The van der Waals surface area contributed by atoms with Crippen molar-refractivity contribution in [3.05, 3.63) is 12.2 Å². The van der Waals surface area contributed by atoms with E-state index in [1.165, 1.54) is 0 Å². The van der Waals surface area contributed by atoms with Gasteiger partial charge in [0.15, 0.2) is 0 Å². The Hall–Kier alpha value is -2.18. The van der Waals surface area contributed by atoms with Crippen LogP contribution < -0.4 is 0 Å². The van der Waals surface area contributed by atoms with Gasteiger partial charge in [-0.15, -0.1) is 0 Å². The summed E-state index contributed by atoms with van der Waals surface area (Å²) in [5, 5.41) is 8.83. The first-order chi connectivity index (χ1) is 11.7. The molecular weight excluding hydrogens is 328 g/mol. The normalized spacial score (nSPS) is 40.1. The van der Waals surface area contributed by atoms with Gasteiger partial charge in [-0.2, -0.15) is 0 Å². The first-order valence-electron chi connectivity index (χ1n) is 8.50. The number of carbonyl (C=O) groups excluding carboxylic acids is 3. The maximum Gasteiger partial charge on any atom is 0.334 e. The minimum Gasteiger partial charge on any atom is -0.481 e. The Morgan fingerprint density at radius 1 is 1.40 bits per heavy atom. The number of hydrogen-bond donors (Lipinski definition) is 1. The van der Waals surface area contributed by atoms with Gasteiger partial charge in [-0.3, -0.25) is 14.4 Å². The van der Waals surface area contributed by atoms with Crippen molar-refractivity contribution in [3.63, 3.8) is 0 Å². The molecule has 1 heterocycles. The SMILES string of the molecule is C=C1C(=O)O[C@@H]2C[C@@H](C)[C@@H]3CCC(=O)[C@@]3(C)[C@@H](OC(=O)CC(=O)O)[C@H]12. The average molecular weight is 350 g/mol. The van der Waals surface area contributed by atoms with Crippen LogP contribution in [0.4, 0.5) is 0 Å². The monoisotopic (exact) mass is 350 g/mol. The lowest BCUT2D eigenvalue weighted by Crippen LogP contribution is -2.49. The molecule has 25 heavy (non-hydrogen) atoms. The summed E-state index contributed by atoms with van der Waals surface area (Å²) in [4.78, 5) is 47.6. The number of ether oxygens (including phenoxy) is 2. The highest BCUT2D eigenvalue weighted by molar-refractivity contribution is 5.94. The van der Waals surface area contributed by atoms with E-state index >= 15 is 0 Å². The lowest BCUT2D eigenvalue weighted by atomic mass is 9.68. The predicted octanol–water partition coefficient (Wildman–Crippen LogP) is 1.50. The number of rotatable bonds is 3. The highest BCUT2D eigenvalue weighted by Gasteiger charge is 2.63. The van der Waals surface area contributed by atoms with E-state index in [-0.39, 0.29) is 23.2 Å². The molecule has 0 aromatic rings. The largest absolute Gasteiger partial charge is 0.481 e. The van der Waals surface area contributed by atoms with Crippen LogP contribution in [0.5, 0.6) is 0 Å². The van der Waals surface area contributed by atoms with E-state index in [4.69, 9.17) is 14.6 Å². The number of ketones is 1. The molecule has 7 nitrogen and oxygen atoms in total. The molecule has 0 aromatic carbocycles. The van der Waals surface area contributed by atoms with Crippen LogP contribution in [0, 0.1) is 23.2 Å². The van der Waals surface area contributed by atoms with E-state index < -0.39 is 47.9 Å². The number of carboxylic acids is 1. The van der Waals surface area contributed by atoms with Crippen molar-refractivity contribution in [2.75, 3.05) is 0 Å². The molecule has 6 atom stereocenters. The fourth-order valence-corrected chi connectivity index (χ4v) is 4.93. The van der Waals surface area contributed by atoms with Crippen molar-refractivity contribution in [2.45, 2.75) is 51.7 Å². The molecular formula is C18H22O7. The summed E-state index contributed by atoms with van der Waals surface area (Å²) in [6.07, 6.45) is -0.600. The Morgan fingerprint density at radius 3 is 2.72 bits per heavy atom. The molecule has 3 aliphatic rings. The highest BCUT2D eigenvalue weighted by atomic mass is 16.6. The Balaban J connectivity index is 2.04. The summed E-state index contributed by atoms with van der Waals surface area (Å²) in [6.45, 7) is 7.56. The predicted molar refractivity (Wildman–Crippen MR) is 84.3 cm³/mol. The maximum absolute atomic E-state index is 12.8. The molecule has 0 amide bonds. The second-order valence-electron chi connectivity index (χ2n) is 7.54. The summed E-state index contributed by atoms with van der Waals surface area (Å²) in [5.74, 6) is -3.33. The van der Waals surface area contributed by atoms with Crippen molar-refractivity contribution in [1.82, 2.24) is 0 Å². The molecule has 1 N–H and O–H groups in total.